The molecule has 53 heavy (non-hydrogen) atoms. The summed E-state index contributed by atoms with van der Waals surface area (Å²) in [6.07, 6.45) is 0. The van der Waals surface area contributed by atoms with Gasteiger partial charge in [-0.2, -0.15) is 0 Å². The Morgan fingerprint density at radius 1 is 0.472 bits per heavy atom. The predicted octanol–water partition coefficient (Wildman–Crippen LogP) is 11.6. The molecule has 0 unspecified atom stereocenters. The van der Waals surface area contributed by atoms with Crippen LogP contribution < -0.4 is 5.56 Å². The van der Waals surface area contributed by atoms with Crippen molar-refractivity contribution in [3.63, 3.8) is 0 Å². The Kier molecular flexibility index (Phi) is 5.64. The highest BCUT2D eigenvalue weighted by Gasteiger charge is 2.34. The zero-order valence-electron chi connectivity index (χ0n) is 28.5. The van der Waals surface area contributed by atoms with Crippen LogP contribution in [0.4, 0.5) is 0 Å². The number of hydrogen-bond donors (Lipinski definition) is 0. The minimum atomic E-state index is -0.0389. The normalized spacial score (nSPS) is 12.5. The Morgan fingerprint density at radius 2 is 1.04 bits per heavy atom. The molecule has 3 aromatic heterocycles. The number of nitrogens with zero attached hydrogens (tertiary/aromatic N) is 3. The largest absolute Gasteiger partial charge is 0.457 e. The van der Waals surface area contributed by atoms with Crippen LogP contribution in [0.5, 0.6) is 0 Å². The second-order valence-corrected chi connectivity index (χ2v) is 14.0. The summed E-state index contributed by atoms with van der Waals surface area (Å²) in [4.78, 5) is 14.7. The second kappa shape index (κ2) is 10.5. The topological polar surface area (TPSA) is 45.0 Å². The quantitative estimate of drug-likeness (QED) is 0.175. The van der Waals surface area contributed by atoms with Gasteiger partial charge in [-0.25, -0.2) is 9.36 Å². The molecule has 248 valence electrons. The molecular formula is C48H29N3O2. The molecule has 0 atom stereocenters. The van der Waals surface area contributed by atoms with Crippen LogP contribution in [0.2, 0.25) is 0 Å². The molecule has 0 saturated heterocycles. The predicted molar refractivity (Wildman–Crippen MR) is 217 cm³/mol. The van der Waals surface area contributed by atoms with Crippen LogP contribution in [0.1, 0.15) is 5.76 Å². The van der Waals surface area contributed by atoms with E-state index in [4.69, 9.17) is 4.42 Å². The lowest BCUT2D eigenvalue weighted by molar-refractivity contribution is 0.527. The van der Waals surface area contributed by atoms with Crippen molar-refractivity contribution in [2.75, 3.05) is 0 Å². The van der Waals surface area contributed by atoms with E-state index in [2.05, 4.69) is 161 Å². The van der Waals surface area contributed by atoms with Gasteiger partial charge in [-0.05, 0) is 78.8 Å². The van der Waals surface area contributed by atoms with Crippen molar-refractivity contribution < 1.29 is 4.42 Å². The van der Waals surface area contributed by atoms with Crippen LogP contribution in [0.25, 0.3) is 98.9 Å². The molecule has 11 aromatic rings. The molecule has 8 aromatic carbocycles. The van der Waals surface area contributed by atoms with Crippen LogP contribution in [0.15, 0.2) is 173 Å². The summed E-state index contributed by atoms with van der Waals surface area (Å²) in [6, 6.07) is 57.6. The third kappa shape index (κ3) is 3.78. The molecule has 0 fully saturated rings. The van der Waals surface area contributed by atoms with Crippen LogP contribution in [-0.2, 0) is 6.54 Å². The molecule has 4 heterocycles. The van der Waals surface area contributed by atoms with E-state index in [0.29, 0.717) is 12.1 Å². The van der Waals surface area contributed by atoms with Gasteiger partial charge in [0.25, 0.3) is 5.56 Å². The van der Waals surface area contributed by atoms with Crippen molar-refractivity contribution in [2.45, 2.75) is 6.54 Å². The Bertz CT molecular complexity index is 3330. The number of fused-ring (bicyclic) bond motifs is 15. The maximum atomic E-state index is 14.7. The summed E-state index contributed by atoms with van der Waals surface area (Å²) in [5.74, 6) is 0.797. The molecule has 12 rings (SSSR count). The molecule has 1 aliphatic rings. The van der Waals surface area contributed by atoms with E-state index in [1.165, 1.54) is 32.3 Å². The molecule has 0 radical (unpaired) electrons. The Morgan fingerprint density at radius 3 is 1.77 bits per heavy atom. The van der Waals surface area contributed by atoms with Gasteiger partial charge < -0.3 is 8.98 Å². The Labute approximate surface area is 302 Å². The molecule has 0 spiro atoms. The van der Waals surface area contributed by atoms with Crippen molar-refractivity contribution in [1.29, 1.82) is 0 Å². The van der Waals surface area contributed by atoms with Crippen molar-refractivity contribution in [1.82, 2.24) is 13.9 Å². The second-order valence-electron chi connectivity index (χ2n) is 14.0. The highest BCUT2D eigenvalue weighted by atomic mass is 16.3. The van der Waals surface area contributed by atoms with Crippen molar-refractivity contribution in [2.24, 2.45) is 0 Å². The minimum absolute atomic E-state index is 0.0389. The van der Waals surface area contributed by atoms with Gasteiger partial charge in [0.2, 0.25) is 0 Å². The van der Waals surface area contributed by atoms with Crippen molar-refractivity contribution in [3.8, 4) is 33.6 Å². The zero-order chi connectivity index (χ0) is 34.8. The molecule has 0 saturated carbocycles. The fourth-order valence-electron chi connectivity index (χ4n) is 9.10. The van der Waals surface area contributed by atoms with Crippen LogP contribution in [0.3, 0.4) is 0 Å². The first-order chi connectivity index (χ1) is 26.2. The lowest BCUT2D eigenvalue weighted by atomic mass is 9.88. The fourth-order valence-corrected chi connectivity index (χ4v) is 9.10. The van der Waals surface area contributed by atoms with Gasteiger partial charge in [-0.15, -0.1) is 0 Å². The standard InChI is InChI=1S/C48H29N3O2/c52-48-47-45(39-18-8-9-22-40(39)50(47)31-26-24-30(25-27-31)29-12-2-1-3-13-29)51-46-42(28-49(48)51)53-41-23-11-21-38(44(41)46)37-20-10-19-36-34-15-5-4-14-32(34)33-16-6-7-17-35(33)43(36)37/h1-27H,28H2. The summed E-state index contributed by atoms with van der Waals surface area (Å²) < 4.78 is 12.8. The van der Waals surface area contributed by atoms with Gasteiger partial charge in [0.05, 0.1) is 10.9 Å². The van der Waals surface area contributed by atoms with Gasteiger partial charge >= 0.3 is 0 Å². The number of benzene rings is 8. The Balaban J connectivity index is 1.15. The zero-order valence-corrected chi connectivity index (χ0v) is 28.5. The molecule has 0 bridgehead atoms. The first kappa shape index (κ1) is 28.6. The number of para-hydroxylation sites is 1. The lowest BCUT2D eigenvalue weighted by Crippen LogP contribution is -2.19. The number of aromatic nitrogens is 3. The maximum absolute atomic E-state index is 14.7. The molecule has 5 heteroatoms. The smallest absolute Gasteiger partial charge is 0.292 e. The highest BCUT2D eigenvalue weighted by molar-refractivity contribution is 6.29. The number of rotatable bonds is 3. The highest BCUT2D eigenvalue weighted by Crippen LogP contribution is 2.46. The van der Waals surface area contributed by atoms with Crippen molar-refractivity contribution >= 4 is 65.2 Å². The third-order valence-corrected chi connectivity index (χ3v) is 11.3. The average Bonchev–Trinajstić information content (AvgIpc) is 3.94. The summed E-state index contributed by atoms with van der Waals surface area (Å²) >= 11 is 0. The van der Waals surface area contributed by atoms with E-state index < -0.39 is 0 Å². The average molecular weight is 680 g/mol. The summed E-state index contributed by atoms with van der Waals surface area (Å²) in [5.41, 5.74) is 9.73. The molecule has 0 amide bonds. The van der Waals surface area contributed by atoms with Gasteiger partial charge in [-0.1, -0.05) is 140 Å². The summed E-state index contributed by atoms with van der Waals surface area (Å²) in [7, 11) is 0. The van der Waals surface area contributed by atoms with E-state index in [1.54, 1.807) is 0 Å². The fraction of sp³-hybridized carbons (Fsp3) is 0.0208. The molecule has 1 aliphatic heterocycles. The molecular weight excluding hydrogens is 651 g/mol. The van der Waals surface area contributed by atoms with Crippen molar-refractivity contribution in [3.05, 3.63) is 180 Å². The third-order valence-electron chi connectivity index (χ3n) is 11.3. The summed E-state index contributed by atoms with van der Waals surface area (Å²) in [5, 5.41) is 9.41. The van der Waals surface area contributed by atoms with E-state index in [0.717, 1.165) is 66.8 Å². The van der Waals surface area contributed by atoms with Crippen LogP contribution in [0, 0.1) is 0 Å². The van der Waals surface area contributed by atoms with Gasteiger partial charge in [0, 0.05) is 11.1 Å². The first-order valence-electron chi connectivity index (χ1n) is 18.0. The molecule has 5 nitrogen and oxygen atoms in total. The molecule has 0 aliphatic carbocycles. The minimum Gasteiger partial charge on any atom is -0.457 e. The van der Waals surface area contributed by atoms with Crippen LogP contribution >= 0.6 is 0 Å². The lowest BCUT2D eigenvalue weighted by Gasteiger charge is -2.15. The van der Waals surface area contributed by atoms with E-state index in [9.17, 15) is 4.79 Å². The van der Waals surface area contributed by atoms with E-state index in [1.807, 2.05) is 16.8 Å². The monoisotopic (exact) mass is 679 g/mol. The van der Waals surface area contributed by atoms with E-state index in [-0.39, 0.29) is 5.56 Å². The van der Waals surface area contributed by atoms with E-state index >= 15 is 0 Å². The van der Waals surface area contributed by atoms with Gasteiger partial charge in [-0.3, -0.25) is 4.79 Å². The first-order valence-corrected chi connectivity index (χ1v) is 18.0. The van der Waals surface area contributed by atoms with Gasteiger partial charge in [0.1, 0.15) is 28.8 Å². The Hall–Kier alpha value is -7.11. The van der Waals surface area contributed by atoms with Crippen LogP contribution in [-0.4, -0.2) is 13.9 Å². The SMILES string of the molecule is O=c1c2c(c3ccccc3n2-c2ccc(-c3ccccc3)cc2)n2n1Cc1oc3cccc(-c4cccc5c6ccccc6c6ccccc6c45)c3c1-2. The number of furan rings is 1. The maximum Gasteiger partial charge on any atom is 0.292 e. The molecule has 0 N–H and O–H groups in total. The summed E-state index contributed by atoms with van der Waals surface area (Å²) in [6.45, 7) is 0.362. The number of hydrogen-bond acceptors (Lipinski definition) is 2. The van der Waals surface area contributed by atoms with Gasteiger partial charge in [0.15, 0.2) is 5.76 Å².